The molecule has 116 valence electrons. The molecule has 1 aliphatic rings. The molecule has 0 atom stereocenters. The summed E-state index contributed by atoms with van der Waals surface area (Å²) in [6, 6.07) is 7.97. The minimum atomic E-state index is -0.247. The first-order valence-electron chi connectivity index (χ1n) is 8.06. The van der Waals surface area contributed by atoms with E-state index in [0.29, 0.717) is 18.7 Å². The maximum atomic E-state index is 12.7. The maximum Gasteiger partial charge on any atom is 0.140 e. The fourth-order valence-electron chi connectivity index (χ4n) is 3.32. The Balaban J connectivity index is 1.95. The number of rotatable bonds is 6. The zero-order valence-electron chi connectivity index (χ0n) is 13.1. The number of Topliss-reactive ketones (excluding diaryl/α,β-unsaturated/α-hetero) is 1. The van der Waals surface area contributed by atoms with Crippen molar-refractivity contribution in [1.82, 2.24) is 0 Å². The van der Waals surface area contributed by atoms with Gasteiger partial charge in [0.05, 0.1) is 7.11 Å². The zero-order chi connectivity index (χ0) is 15.1. The lowest BCUT2D eigenvalue weighted by atomic mass is 9.75. The average molecular weight is 289 g/mol. The predicted molar refractivity (Wildman–Crippen MR) is 85.5 cm³/mol. The summed E-state index contributed by atoms with van der Waals surface area (Å²) < 4.78 is 5.15. The lowest BCUT2D eigenvalue weighted by Gasteiger charge is -2.29. The van der Waals surface area contributed by atoms with E-state index in [9.17, 15) is 4.79 Å². The molecule has 0 heterocycles. The van der Waals surface area contributed by atoms with Crippen LogP contribution < -0.4 is 10.5 Å². The summed E-state index contributed by atoms with van der Waals surface area (Å²) in [7, 11) is 1.66. The van der Waals surface area contributed by atoms with Crippen LogP contribution in [0.2, 0.25) is 0 Å². The summed E-state index contributed by atoms with van der Waals surface area (Å²) in [5.74, 6) is 1.22. The van der Waals surface area contributed by atoms with E-state index in [-0.39, 0.29) is 5.41 Å². The summed E-state index contributed by atoms with van der Waals surface area (Å²) in [6.45, 7) is 0.508. The fourth-order valence-corrected chi connectivity index (χ4v) is 3.32. The Bertz CT molecular complexity index is 445. The topological polar surface area (TPSA) is 52.3 Å². The van der Waals surface area contributed by atoms with Gasteiger partial charge in [0.15, 0.2) is 0 Å². The molecule has 1 aromatic rings. The molecule has 3 nitrogen and oxygen atoms in total. The van der Waals surface area contributed by atoms with Crippen molar-refractivity contribution in [3.05, 3.63) is 29.8 Å². The van der Waals surface area contributed by atoms with E-state index in [1.165, 1.54) is 18.4 Å². The van der Waals surface area contributed by atoms with Gasteiger partial charge < -0.3 is 10.5 Å². The number of hydrogen-bond acceptors (Lipinski definition) is 3. The molecule has 1 aromatic carbocycles. The average Bonchev–Trinajstić information content (AvgIpc) is 2.79. The number of benzene rings is 1. The molecule has 2 N–H and O–H groups in total. The minimum absolute atomic E-state index is 0.247. The van der Waals surface area contributed by atoms with E-state index in [1.54, 1.807) is 7.11 Å². The van der Waals surface area contributed by atoms with Crippen molar-refractivity contribution in [2.24, 2.45) is 11.1 Å². The van der Waals surface area contributed by atoms with Gasteiger partial charge in [-0.3, -0.25) is 4.79 Å². The molecule has 1 saturated carbocycles. The summed E-state index contributed by atoms with van der Waals surface area (Å²) in [5, 5.41) is 0. The van der Waals surface area contributed by atoms with Crippen LogP contribution in [0.4, 0.5) is 0 Å². The van der Waals surface area contributed by atoms with Gasteiger partial charge in [-0.25, -0.2) is 0 Å². The zero-order valence-corrected chi connectivity index (χ0v) is 13.1. The minimum Gasteiger partial charge on any atom is -0.497 e. The van der Waals surface area contributed by atoms with E-state index in [0.717, 1.165) is 37.9 Å². The number of carbonyl (C=O) groups excluding carboxylic acids is 1. The Hall–Kier alpha value is -1.35. The Morgan fingerprint density at radius 3 is 2.29 bits per heavy atom. The van der Waals surface area contributed by atoms with E-state index < -0.39 is 0 Å². The van der Waals surface area contributed by atoms with Crippen molar-refractivity contribution < 1.29 is 9.53 Å². The predicted octanol–water partition coefficient (Wildman–Crippen LogP) is 3.50. The van der Waals surface area contributed by atoms with Gasteiger partial charge in [0.25, 0.3) is 0 Å². The normalized spacial score (nSPS) is 18.0. The van der Waals surface area contributed by atoms with Crippen LogP contribution in [0.15, 0.2) is 24.3 Å². The fraction of sp³-hybridized carbons (Fsp3) is 0.611. The second-order valence-corrected chi connectivity index (χ2v) is 6.17. The second kappa shape index (κ2) is 7.60. The van der Waals surface area contributed by atoms with Crippen LogP contribution in [-0.4, -0.2) is 19.4 Å². The molecule has 2 rings (SSSR count). The van der Waals surface area contributed by atoms with Gasteiger partial charge in [0.2, 0.25) is 0 Å². The number of hydrogen-bond donors (Lipinski definition) is 1. The van der Waals surface area contributed by atoms with Crippen LogP contribution in [0.3, 0.4) is 0 Å². The van der Waals surface area contributed by atoms with Crippen molar-refractivity contribution in [2.75, 3.05) is 13.7 Å². The Kier molecular flexibility index (Phi) is 5.80. The first-order valence-corrected chi connectivity index (χ1v) is 8.06. The van der Waals surface area contributed by atoms with Gasteiger partial charge >= 0.3 is 0 Å². The lowest BCUT2D eigenvalue weighted by Crippen LogP contribution is -2.38. The quantitative estimate of drug-likeness (QED) is 0.816. The number of methoxy groups -OCH3 is 1. The van der Waals surface area contributed by atoms with Gasteiger partial charge in [-0.1, -0.05) is 37.8 Å². The highest BCUT2D eigenvalue weighted by atomic mass is 16.5. The Labute approximate surface area is 127 Å². The highest BCUT2D eigenvalue weighted by Crippen LogP contribution is 2.36. The number of ketones is 1. The molecule has 0 bridgehead atoms. The molecule has 0 radical (unpaired) electrons. The molecular weight excluding hydrogens is 262 g/mol. The summed E-state index contributed by atoms with van der Waals surface area (Å²) in [5.41, 5.74) is 6.92. The van der Waals surface area contributed by atoms with E-state index >= 15 is 0 Å². The third kappa shape index (κ3) is 4.07. The molecule has 0 unspecified atom stereocenters. The van der Waals surface area contributed by atoms with Crippen molar-refractivity contribution >= 4 is 5.78 Å². The largest absolute Gasteiger partial charge is 0.497 e. The molecule has 0 aromatic heterocycles. The van der Waals surface area contributed by atoms with Crippen LogP contribution in [0.1, 0.15) is 50.5 Å². The van der Waals surface area contributed by atoms with Crippen LogP contribution in [0, 0.1) is 5.41 Å². The molecule has 0 spiro atoms. The highest BCUT2D eigenvalue weighted by molar-refractivity contribution is 5.85. The lowest BCUT2D eigenvalue weighted by molar-refractivity contribution is -0.129. The third-order valence-electron chi connectivity index (χ3n) is 4.84. The molecule has 1 aliphatic carbocycles. The smallest absolute Gasteiger partial charge is 0.140 e. The van der Waals surface area contributed by atoms with Crippen LogP contribution >= 0.6 is 0 Å². The molecule has 0 aliphatic heterocycles. The molecule has 3 heteroatoms. The van der Waals surface area contributed by atoms with Gasteiger partial charge in [0, 0.05) is 18.4 Å². The highest BCUT2D eigenvalue weighted by Gasteiger charge is 2.36. The number of carbonyl (C=O) groups is 1. The second-order valence-electron chi connectivity index (χ2n) is 6.17. The van der Waals surface area contributed by atoms with Crippen LogP contribution in [0.5, 0.6) is 5.75 Å². The standard InChI is InChI=1S/C18H27NO2/c1-21-16-9-6-15(7-10-16)8-11-17(20)18(14-19)12-4-2-3-5-13-18/h6-7,9-10H,2-5,8,11-14,19H2,1H3. The number of nitrogens with two attached hydrogens (primary N) is 1. The monoisotopic (exact) mass is 289 g/mol. The molecule has 21 heavy (non-hydrogen) atoms. The maximum absolute atomic E-state index is 12.7. The number of ether oxygens (including phenoxy) is 1. The molecule has 0 amide bonds. The van der Waals surface area contributed by atoms with Gasteiger partial charge in [0.1, 0.15) is 11.5 Å². The molecule has 0 saturated heterocycles. The van der Waals surface area contributed by atoms with Crippen molar-refractivity contribution in [3.63, 3.8) is 0 Å². The summed E-state index contributed by atoms with van der Waals surface area (Å²) in [6.07, 6.45) is 8.13. The SMILES string of the molecule is COc1ccc(CCC(=O)C2(CN)CCCCCC2)cc1. The van der Waals surface area contributed by atoms with Gasteiger partial charge in [-0.05, 0) is 37.0 Å². The molecular formula is C18H27NO2. The summed E-state index contributed by atoms with van der Waals surface area (Å²) in [4.78, 5) is 12.7. The van der Waals surface area contributed by atoms with Crippen molar-refractivity contribution in [1.29, 1.82) is 0 Å². The van der Waals surface area contributed by atoms with Crippen LogP contribution in [0.25, 0.3) is 0 Å². The Morgan fingerprint density at radius 1 is 1.14 bits per heavy atom. The molecule has 1 fully saturated rings. The van der Waals surface area contributed by atoms with Crippen molar-refractivity contribution in [2.45, 2.75) is 51.4 Å². The van der Waals surface area contributed by atoms with E-state index in [2.05, 4.69) is 0 Å². The Morgan fingerprint density at radius 2 is 1.76 bits per heavy atom. The van der Waals surface area contributed by atoms with Crippen molar-refractivity contribution in [3.8, 4) is 5.75 Å². The van der Waals surface area contributed by atoms with E-state index in [4.69, 9.17) is 10.5 Å². The number of aryl methyl sites for hydroxylation is 1. The van der Waals surface area contributed by atoms with E-state index in [1.807, 2.05) is 24.3 Å². The first-order chi connectivity index (χ1) is 10.2. The van der Waals surface area contributed by atoms with Crippen LogP contribution in [-0.2, 0) is 11.2 Å². The first kappa shape index (κ1) is 16.0. The summed E-state index contributed by atoms with van der Waals surface area (Å²) >= 11 is 0. The van der Waals surface area contributed by atoms with Gasteiger partial charge in [-0.2, -0.15) is 0 Å². The van der Waals surface area contributed by atoms with Gasteiger partial charge in [-0.15, -0.1) is 0 Å². The third-order valence-corrected chi connectivity index (χ3v) is 4.84.